The van der Waals surface area contributed by atoms with Crippen LogP contribution in [-0.4, -0.2) is 53.9 Å². The fourth-order valence-corrected chi connectivity index (χ4v) is 2.18. The largest absolute Gasteiger partial charge is 0.468 e. The molecule has 1 aliphatic heterocycles. The highest BCUT2D eigenvalue weighted by Crippen LogP contribution is 2.22. The van der Waals surface area contributed by atoms with Crippen LogP contribution in [0.3, 0.4) is 0 Å². The van der Waals surface area contributed by atoms with Crippen molar-refractivity contribution in [3.63, 3.8) is 0 Å². The predicted molar refractivity (Wildman–Crippen MR) is 75.7 cm³/mol. The molecule has 0 saturated carbocycles. The summed E-state index contributed by atoms with van der Waals surface area (Å²) < 4.78 is 4.64. The van der Waals surface area contributed by atoms with E-state index in [1.54, 1.807) is 29.2 Å². The SMILES string of the molecule is COC(=O)CN(CN1C(=O)c2ccccc2C1=O)C(C)C. The van der Waals surface area contributed by atoms with E-state index < -0.39 is 5.97 Å². The zero-order valence-electron chi connectivity index (χ0n) is 12.3. The van der Waals surface area contributed by atoms with Crippen LogP contribution in [0.5, 0.6) is 0 Å². The minimum Gasteiger partial charge on any atom is -0.468 e. The Balaban J connectivity index is 2.17. The summed E-state index contributed by atoms with van der Waals surface area (Å²) in [5.74, 6) is -1.06. The van der Waals surface area contributed by atoms with Crippen molar-refractivity contribution in [2.45, 2.75) is 19.9 Å². The second-order valence-electron chi connectivity index (χ2n) is 5.14. The maximum Gasteiger partial charge on any atom is 0.319 e. The number of esters is 1. The fraction of sp³-hybridized carbons (Fsp3) is 0.400. The topological polar surface area (TPSA) is 66.9 Å². The van der Waals surface area contributed by atoms with E-state index in [2.05, 4.69) is 4.74 Å². The molecule has 1 aromatic rings. The number of benzene rings is 1. The van der Waals surface area contributed by atoms with E-state index in [1.165, 1.54) is 7.11 Å². The van der Waals surface area contributed by atoms with Gasteiger partial charge in [0.15, 0.2) is 0 Å². The van der Waals surface area contributed by atoms with Crippen LogP contribution < -0.4 is 0 Å². The first-order chi connectivity index (χ1) is 9.95. The molecule has 0 saturated heterocycles. The van der Waals surface area contributed by atoms with Gasteiger partial charge in [-0.25, -0.2) is 0 Å². The molecule has 112 valence electrons. The minimum atomic E-state index is -0.402. The van der Waals surface area contributed by atoms with Crippen molar-refractivity contribution in [3.8, 4) is 0 Å². The molecule has 0 unspecified atom stereocenters. The number of methoxy groups -OCH3 is 1. The molecule has 6 heteroatoms. The molecule has 0 N–H and O–H groups in total. The van der Waals surface area contributed by atoms with Crippen molar-refractivity contribution < 1.29 is 19.1 Å². The monoisotopic (exact) mass is 290 g/mol. The van der Waals surface area contributed by atoms with Crippen LogP contribution in [0.4, 0.5) is 0 Å². The third-order valence-corrected chi connectivity index (χ3v) is 3.49. The van der Waals surface area contributed by atoms with Gasteiger partial charge in [0.1, 0.15) is 0 Å². The van der Waals surface area contributed by atoms with Gasteiger partial charge in [-0.15, -0.1) is 0 Å². The average molecular weight is 290 g/mol. The summed E-state index contributed by atoms with van der Waals surface area (Å²) in [7, 11) is 1.31. The Morgan fingerprint density at radius 1 is 1.19 bits per heavy atom. The van der Waals surface area contributed by atoms with Gasteiger partial charge in [-0.2, -0.15) is 0 Å². The van der Waals surface area contributed by atoms with Crippen molar-refractivity contribution in [2.24, 2.45) is 0 Å². The molecule has 2 rings (SSSR count). The summed E-state index contributed by atoms with van der Waals surface area (Å²) in [5.41, 5.74) is 0.813. The van der Waals surface area contributed by atoms with E-state index in [1.807, 2.05) is 13.8 Å². The van der Waals surface area contributed by atoms with Gasteiger partial charge in [-0.05, 0) is 26.0 Å². The number of hydrogen-bond donors (Lipinski definition) is 0. The van der Waals surface area contributed by atoms with Gasteiger partial charge in [0, 0.05) is 6.04 Å². The number of amides is 2. The number of imide groups is 1. The first-order valence-electron chi connectivity index (χ1n) is 6.71. The molecule has 1 aromatic carbocycles. The number of ether oxygens (including phenoxy) is 1. The van der Waals surface area contributed by atoms with Crippen LogP contribution in [0.25, 0.3) is 0 Å². The Morgan fingerprint density at radius 3 is 2.14 bits per heavy atom. The van der Waals surface area contributed by atoms with Gasteiger partial charge < -0.3 is 4.74 Å². The van der Waals surface area contributed by atoms with Crippen LogP contribution in [0.2, 0.25) is 0 Å². The van der Waals surface area contributed by atoms with Gasteiger partial charge in [0.2, 0.25) is 0 Å². The number of hydrogen-bond acceptors (Lipinski definition) is 5. The molecule has 1 heterocycles. The van der Waals surface area contributed by atoms with Gasteiger partial charge in [-0.3, -0.25) is 24.2 Å². The van der Waals surface area contributed by atoms with Crippen LogP contribution in [0, 0.1) is 0 Å². The number of rotatable bonds is 5. The molecule has 0 spiro atoms. The first-order valence-corrected chi connectivity index (χ1v) is 6.71. The highest BCUT2D eigenvalue weighted by atomic mass is 16.5. The molecule has 2 amide bonds. The normalized spacial score (nSPS) is 14.0. The molecule has 6 nitrogen and oxygen atoms in total. The quantitative estimate of drug-likeness (QED) is 0.600. The van der Waals surface area contributed by atoms with E-state index in [9.17, 15) is 14.4 Å². The van der Waals surface area contributed by atoms with Gasteiger partial charge in [0.05, 0.1) is 31.5 Å². The Morgan fingerprint density at radius 2 is 1.71 bits per heavy atom. The van der Waals surface area contributed by atoms with E-state index in [0.717, 1.165) is 4.90 Å². The maximum absolute atomic E-state index is 12.3. The van der Waals surface area contributed by atoms with Crippen molar-refractivity contribution >= 4 is 17.8 Å². The summed E-state index contributed by atoms with van der Waals surface area (Å²) in [4.78, 5) is 38.9. The third-order valence-electron chi connectivity index (χ3n) is 3.49. The maximum atomic E-state index is 12.3. The fourth-order valence-electron chi connectivity index (χ4n) is 2.18. The average Bonchev–Trinajstić information content (AvgIpc) is 2.71. The lowest BCUT2D eigenvalue weighted by Gasteiger charge is -2.28. The molecule has 1 aliphatic rings. The lowest BCUT2D eigenvalue weighted by atomic mass is 10.1. The van der Waals surface area contributed by atoms with Crippen molar-refractivity contribution in [1.29, 1.82) is 0 Å². The lowest BCUT2D eigenvalue weighted by Crippen LogP contribution is -2.46. The molecule has 0 atom stereocenters. The highest BCUT2D eigenvalue weighted by Gasteiger charge is 2.36. The predicted octanol–water partition coefficient (Wildman–Crippen LogP) is 1.12. The van der Waals surface area contributed by atoms with Crippen molar-refractivity contribution in [1.82, 2.24) is 9.80 Å². The van der Waals surface area contributed by atoms with Gasteiger partial charge in [0.25, 0.3) is 11.8 Å². The van der Waals surface area contributed by atoms with Crippen LogP contribution in [-0.2, 0) is 9.53 Å². The number of nitrogens with zero attached hydrogens (tertiary/aromatic N) is 2. The molecule has 0 aromatic heterocycles. The lowest BCUT2D eigenvalue weighted by molar-refractivity contribution is -0.142. The zero-order valence-corrected chi connectivity index (χ0v) is 12.3. The Labute approximate surface area is 123 Å². The number of carbonyl (C=O) groups is 3. The van der Waals surface area contributed by atoms with E-state index in [4.69, 9.17) is 0 Å². The smallest absolute Gasteiger partial charge is 0.319 e. The first kappa shape index (κ1) is 15.2. The summed E-state index contributed by atoms with van der Waals surface area (Å²) in [6.07, 6.45) is 0. The van der Waals surface area contributed by atoms with Crippen molar-refractivity contribution in [3.05, 3.63) is 35.4 Å². The summed E-state index contributed by atoms with van der Waals surface area (Å²) in [6, 6.07) is 6.71. The van der Waals surface area contributed by atoms with E-state index in [-0.39, 0.29) is 31.1 Å². The molecule has 0 fully saturated rings. The third kappa shape index (κ3) is 2.95. The molecular formula is C15H18N2O4. The Kier molecular flexibility index (Phi) is 4.37. The Bertz CT molecular complexity index is 548. The van der Waals surface area contributed by atoms with E-state index >= 15 is 0 Å². The standard InChI is InChI=1S/C15H18N2O4/c1-10(2)16(8-13(18)21-3)9-17-14(19)11-6-4-5-7-12(11)15(17)20/h4-7,10H,8-9H2,1-3H3. The summed E-state index contributed by atoms with van der Waals surface area (Å²) in [6.45, 7) is 3.88. The molecule has 0 radical (unpaired) electrons. The minimum absolute atomic E-state index is 0.00610. The summed E-state index contributed by atoms with van der Waals surface area (Å²) >= 11 is 0. The van der Waals surface area contributed by atoms with E-state index in [0.29, 0.717) is 11.1 Å². The zero-order chi connectivity index (χ0) is 15.6. The molecule has 0 bridgehead atoms. The number of fused-ring (bicyclic) bond motifs is 1. The summed E-state index contributed by atoms with van der Waals surface area (Å²) in [5, 5.41) is 0. The Hall–Kier alpha value is -2.21. The molecule has 0 aliphatic carbocycles. The van der Waals surface area contributed by atoms with Crippen LogP contribution >= 0.6 is 0 Å². The van der Waals surface area contributed by atoms with Crippen LogP contribution in [0.1, 0.15) is 34.6 Å². The van der Waals surface area contributed by atoms with Gasteiger partial charge in [-0.1, -0.05) is 12.1 Å². The second-order valence-corrected chi connectivity index (χ2v) is 5.14. The van der Waals surface area contributed by atoms with Crippen LogP contribution in [0.15, 0.2) is 24.3 Å². The van der Waals surface area contributed by atoms with Gasteiger partial charge >= 0.3 is 5.97 Å². The number of carbonyl (C=O) groups excluding carboxylic acids is 3. The molecule has 21 heavy (non-hydrogen) atoms. The van der Waals surface area contributed by atoms with Crippen molar-refractivity contribution in [2.75, 3.05) is 20.3 Å². The molecular weight excluding hydrogens is 272 g/mol. The second kappa shape index (κ2) is 6.05. The highest BCUT2D eigenvalue weighted by molar-refractivity contribution is 6.21.